The Morgan fingerprint density at radius 1 is 1.15 bits per heavy atom. The number of likely N-dealkylation sites (tertiary alicyclic amines) is 2. The highest BCUT2D eigenvalue weighted by molar-refractivity contribution is 5.83. The Morgan fingerprint density at radius 3 is 2.38 bits per heavy atom. The lowest BCUT2D eigenvalue weighted by molar-refractivity contribution is -0.188. The predicted octanol–water partition coefficient (Wildman–Crippen LogP) is 2.85. The quantitative estimate of drug-likeness (QED) is 0.676. The number of rotatable bonds is 6. The van der Waals surface area contributed by atoms with Crippen LogP contribution < -0.4 is 0 Å². The van der Waals surface area contributed by atoms with Crippen LogP contribution in [0.2, 0.25) is 0 Å². The zero-order valence-corrected chi connectivity index (χ0v) is 19.3. The molecule has 0 aromatic heterocycles. The first-order chi connectivity index (χ1) is 16.1. The highest BCUT2D eigenvalue weighted by atomic mass is 19.4. The largest absolute Gasteiger partial charge is 0.471 e. The van der Waals surface area contributed by atoms with E-state index >= 15 is 0 Å². The van der Waals surface area contributed by atoms with Crippen molar-refractivity contribution in [1.29, 1.82) is 0 Å². The first-order valence-corrected chi connectivity index (χ1v) is 11.8. The maximum Gasteiger partial charge on any atom is 0.471 e. The van der Waals surface area contributed by atoms with E-state index in [9.17, 15) is 27.9 Å². The Kier molecular flexibility index (Phi) is 7.09. The van der Waals surface area contributed by atoms with Crippen molar-refractivity contribution in [2.75, 3.05) is 46.4 Å². The second kappa shape index (κ2) is 9.73. The monoisotopic (exact) mass is 483 g/mol. The highest BCUT2D eigenvalue weighted by Crippen LogP contribution is 2.47. The number of carbonyl (C=O) groups is 2. The van der Waals surface area contributed by atoms with E-state index in [-0.39, 0.29) is 25.1 Å². The molecule has 2 heterocycles. The summed E-state index contributed by atoms with van der Waals surface area (Å²) in [5.41, 5.74) is 0.266. The van der Waals surface area contributed by atoms with E-state index in [0.717, 1.165) is 10.5 Å². The fraction of sp³-hybridized carbons (Fsp3) is 0.667. The van der Waals surface area contributed by atoms with Crippen molar-refractivity contribution in [3.8, 4) is 0 Å². The van der Waals surface area contributed by atoms with Crippen LogP contribution in [0.4, 0.5) is 18.0 Å². The van der Waals surface area contributed by atoms with Crippen molar-refractivity contribution in [2.45, 2.75) is 49.9 Å². The standard InChI is InChI=1S/C24H32F3N3O4/c1-34-16-23(8-11-28(12-9-23)22(33)29-10-7-18(31)14-29)15-30(21(32)24(25,26)27)20-13-19(20)17-5-3-2-4-6-17/h2-6,18-20,31H,7-16H2,1H3/t18-,19-,20+/m1/s1. The van der Waals surface area contributed by atoms with Gasteiger partial charge in [0.25, 0.3) is 0 Å². The molecule has 1 N–H and O–H groups in total. The molecule has 1 saturated carbocycles. The van der Waals surface area contributed by atoms with Crippen LogP contribution >= 0.6 is 0 Å². The number of aliphatic hydroxyl groups excluding tert-OH is 1. The summed E-state index contributed by atoms with van der Waals surface area (Å²) in [4.78, 5) is 29.6. The third-order valence-electron chi connectivity index (χ3n) is 7.37. The van der Waals surface area contributed by atoms with Gasteiger partial charge in [0, 0.05) is 57.2 Å². The SMILES string of the molecule is COCC1(CN(C(=O)C(F)(F)F)[C@H]2C[C@@H]2c2ccccc2)CCN(C(=O)N2CC[C@@H](O)C2)CC1. The molecule has 0 radical (unpaired) electrons. The average molecular weight is 484 g/mol. The molecule has 188 valence electrons. The van der Waals surface area contributed by atoms with E-state index in [1.54, 1.807) is 9.80 Å². The van der Waals surface area contributed by atoms with E-state index in [0.29, 0.717) is 51.9 Å². The van der Waals surface area contributed by atoms with Crippen molar-refractivity contribution in [2.24, 2.45) is 5.41 Å². The lowest BCUT2D eigenvalue weighted by Crippen LogP contribution is -2.55. The van der Waals surface area contributed by atoms with Gasteiger partial charge in [-0.25, -0.2) is 4.79 Å². The Labute approximate surface area is 197 Å². The minimum Gasteiger partial charge on any atom is -0.391 e. The van der Waals surface area contributed by atoms with Crippen molar-refractivity contribution >= 4 is 11.9 Å². The minimum absolute atomic E-state index is 0.0579. The number of piperidine rings is 1. The Hall–Kier alpha value is -2.33. The number of halogens is 3. The molecule has 1 aromatic carbocycles. The van der Waals surface area contributed by atoms with Crippen LogP contribution in [0.3, 0.4) is 0 Å². The van der Waals surface area contributed by atoms with E-state index in [2.05, 4.69) is 0 Å². The molecule has 2 aliphatic heterocycles. The molecule has 4 rings (SSSR count). The van der Waals surface area contributed by atoms with Crippen LogP contribution in [0, 0.1) is 5.41 Å². The summed E-state index contributed by atoms with van der Waals surface area (Å²) < 4.78 is 46.1. The molecule has 0 bridgehead atoms. The number of urea groups is 1. The number of amides is 3. The molecule has 1 aliphatic carbocycles. The highest BCUT2D eigenvalue weighted by Gasteiger charge is 2.54. The molecule has 7 nitrogen and oxygen atoms in total. The molecule has 0 unspecified atom stereocenters. The second-order valence-electron chi connectivity index (χ2n) is 9.84. The van der Waals surface area contributed by atoms with Gasteiger partial charge in [-0.2, -0.15) is 13.2 Å². The Bertz CT molecular complexity index is 874. The molecule has 1 aromatic rings. The third kappa shape index (κ3) is 5.33. The van der Waals surface area contributed by atoms with Crippen molar-refractivity contribution < 1.29 is 32.6 Å². The molecular weight excluding hydrogens is 451 g/mol. The van der Waals surface area contributed by atoms with Gasteiger partial charge in [-0.3, -0.25) is 4.79 Å². The number of ether oxygens (including phenoxy) is 1. The van der Waals surface area contributed by atoms with Gasteiger partial charge in [0.05, 0.1) is 12.7 Å². The molecule has 2 saturated heterocycles. The van der Waals surface area contributed by atoms with Crippen LogP contribution in [0.25, 0.3) is 0 Å². The zero-order valence-electron chi connectivity index (χ0n) is 19.3. The van der Waals surface area contributed by atoms with Crippen LogP contribution in [-0.2, 0) is 9.53 Å². The normalized spacial score (nSPS) is 26.4. The lowest BCUT2D eigenvalue weighted by atomic mass is 9.78. The number of methoxy groups -OCH3 is 1. The van der Waals surface area contributed by atoms with Crippen molar-refractivity contribution in [3.63, 3.8) is 0 Å². The third-order valence-corrected chi connectivity index (χ3v) is 7.37. The van der Waals surface area contributed by atoms with E-state index in [1.807, 2.05) is 30.3 Å². The fourth-order valence-electron chi connectivity index (χ4n) is 5.39. The molecular formula is C24H32F3N3O4. The molecule has 3 fully saturated rings. The summed E-state index contributed by atoms with van der Waals surface area (Å²) in [6.07, 6.45) is -3.55. The van der Waals surface area contributed by atoms with Gasteiger partial charge in [0.1, 0.15) is 0 Å². The molecule has 0 spiro atoms. The van der Waals surface area contributed by atoms with Crippen LogP contribution in [0.1, 0.15) is 37.2 Å². The summed E-state index contributed by atoms with van der Waals surface area (Å²) in [5, 5.41) is 9.72. The van der Waals surface area contributed by atoms with Crippen LogP contribution in [0.5, 0.6) is 0 Å². The van der Waals surface area contributed by atoms with Crippen molar-refractivity contribution in [1.82, 2.24) is 14.7 Å². The van der Waals surface area contributed by atoms with Gasteiger partial charge < -0.3 is 24.5 Å². The molecule has 3 amide bonds. The summed E-state index contributed by atoms with van der Waals surface area (Å²) in [6.45, 7) is 1.69. The smallest absolute Gasteiger partial charge is 0.391 e. The first kappa shape index (κ1) is 24.8. The van der Waals surface area contributed by atoms with Gasteiger partial charge in [-0.05, 0) is 31.2 Å². The number of benzene rings is 1. The molecule has 3 aliphatic rings. The summed E-state index contributed by atoms with van der Waals surface area (Å²) in [6, 6.07) is 8.65. The number of carbonyl (C=O) groups excluding carboxylic acids is 2. The average Bonchev–Trinajstić information content (AvgIpc) is 3.49. The second-order valence-corrected chi connectivity index (χ2v) is 9.84. The fourth-order valence-corrected chi connectivity index (χ4v) is 5.39. The maximum absolute atomic E-state index is 13.6. The van der Waals surface area contributed by atoms with E-state index < -0.39 is 29.6 Å². The lowest BCUT2D eigenvalue weighted by Gasteiger charge is -2.45. The summed E-state index contributed by atoms with van der Waals surface area (Å²) in [7, 11) is 1.50. The van der Waals surface area contributed by atoms with Gasteiger partial charge in [-0.15, -0.1) is 0 Å². The van der Waals surface area contributed by atoms with Gasteiger partial charge in [0.2, 0.25) is 0 Å². The molecule has 3 atom stereocenters. The van der Waals surface area contributed by atoms with E-state index in [4.69, 9.17) is 4.74 Å². The Balaban J connectivity index is 1.47. The van der Waals surface area contributed by atoms with Crippen LogP contribution in [0.15, 0.2) is 30.3 Å². The van der Waals surface area contributed by atoms with Gasteiger partial charge >= 0.3 is 18.1 Å². The van der Waals surface area contributed by atoms with Gasteiger partial charge in [0.15, 0.2) is 0 Å². The number of hydrogen-bond acceptors (Lipinski definition) is 4. The molecule has 10 heteroatoms. The number of nitrogens with zero attached hydrogens (tertiary/aromatic N) is 3. The predicted molar refractivity (Wildman–Crippen MR) is 118 cm³/mol. The Morgan fingerprint density at radius 2 is 1.82 bits per heavy atom. The van der Waals surface area contributed by atoms with E-state index in [1.165, 1.54) is 7.11 Å². The van der Waals surface area contributed by atoms with Gasteiger partial charge in [-0.1, -0.05) is 30.3 Å². The zero-order chi connectivity index (χ0) is 24.5. The number of hydrogen-bond donors (Lipinski definition) is 1. The minimum atomic E-state index is -4.95. The topological polar surface area (TPSA) is 73.3 Å². The summed E-state index contributed by atoms with van der Waals surface area (Å²) in [5.74, 6) is -1.92. The number of aliphatic hydroxyl groups is 1. The maximum atomic E-state index is 13.6. The summed E-state index contributed by atoms with van der Waals surface area (Å²) >= 11 is 0. The first-order valence-electron chi connectivity index (χ1n) is 11.8. The molecule has 34 heavy (non-hydrogen) atoms. The van der Waals surface area contributed by atoms with Crippen molar-refractivity contribution in [3.05, 3.63) is 35.9 Å². The number of β-amino-alcohol motifs (C(OH)–C–C–N with tert-alkyl or cyclic N) is 1. The number of alkyl halides is 3. The van der Waals surface area contributed by atoms with Crippen LogP contribution in [-0.4, -0.2) is 96.5 Å².